The Bertz CT molecular complexity index is 646. The first-order valence-electron chi connectivity index (χ1n) is 9.88. The maximum Gasteiger partial charge on any atom is 0.243 e. The molecule has 1 aromatic carbocycles. The Hall–Kier alpha value is -1.88. The highest BCUT2D eigenvalue weighted by atomic mass is 16.2. The van der Waals surface area contributed by atoms with Crippen molar-refractivity contribution in [3.05, 3.63) is 29.8 Å². The standard InChI is InChI=1S/C21H31N3O2/c1-3-14-7-4-5-10-18(14)23-19(25)13-24(2)21(26)17-11-15-8-6-9-16(12-17)20(15)22/h4-5,7,10,15-17,20H,3,6,8-9,11-13,22H2,1-2H3,(H,23,25). The van der Waals surface area contributed by atoms with Gasteiger partial charge in [-0.25, -0.2) is 0 Å². The van der Waals surface area contributed by atoms with Crippen molar-refractivity contribution in [3.8, 4) is 0 Å². The van der Waals surface area contributed by atoms with Gasteiger partial charge in [-0.2, -0.15) is 0 Å². The third kappa shape index (κ3) is 4.09. The van der Waals surface area contributed by atoms with Crippen LogP contribution in [-0.4, -0.2) is 36.3 Å². The van der Waals surface area contributed by atoms with Gasteiger partial charge in [0, 0.05) is 24.7 Å². The molecule has 2 aliphatic carbocycles. The summed E-state index contributed by atoms with van der Waals surface area (Å²) in [5.41, 5.74) is 8.26. The Morgan fingerprint density at radius 1 is 1.19 bits per heavy atom. The van der Waals surface area contributed by atoms with Crippen molar-refractivity contribution in [2.24, 2.45) is 23.5 Å². The van der Waals surface area contributed by atoms with Crippen molar-refractivity contribution in [1.82, 2.24) is 4.90 Å². The SMILES string of the molecule is CCc1ccccc1NC(=O)CN(C)C(=O)C1CC2CCCC(C1)C2N. The van der Waals surface area contributed by atoms with Crippen LogP contribution < -0.4 is 11.1 Å². The molecule has 2 unspecified atom stereocenters. The van der Waals surface area contributed by atoms with E-state index in [2.05, 4.69) is 12.2 Å². The molecule has 0 aliphatic heterocycles. The van der Waals surface area contributed by atoms with E-state index in [1.165, 1.54) is 6.42 Å². The molecular weight excluding hydrogens is 326 g/mol. The summed E-state index contributed by atoms with van der Waals surface area (Å²) >= 11 is 0. The number of carbonyl (C=O) groups is 2. The minimum atomic E-state index is -0.144. The van der Waals surface area contributed by atoms with Gasteiger partial charge in [-0.05, 0) is 55.6 Å². The van der Waals surface area contributed by atoms with Crippen LogP contribution in [0.25, 0.3) is 0 Å². The van der Waals surface area contributed by atoms with Gasteiger partial charge in [0.05, 0.1) is 6.54 Å². The predicted molar refractivity (Wildman–Crippen MR) is 104 cm³/mol. The Labute approximate surface area is 156 Å². The van der Waals surface area contributed by atoms with E-state index in [0.717, 1.165) is 43.4 Å². The summed E-state index contributed by atoms with van der Waals surface area (Å²) in [6, 6.07) is 8.05. The molecule has 0 saturated heterocycles. The second-order valence-electron chi connectivity index (χ2n) is 7.95. The van der Waals surface area contributed by atoms with Gasteiger partial charge in [0.15, 0.2) is 0 Å². The van der Waals surface area contributed by atoms with Gasteiger partial charge in [-0.1, -0.05) is 31.5 Å². The van der Waals surface area contributed by atoms with Gasteiger partial charge in [-0.15, -0.1) is 0 Å². The first-order chi connectivity index (χ1) is 12.5. The summed E-state index contributed by atoms with van der Waals surface area (Å²) < 4.78 is 0. The van der Waals surface area contributed by atoms with E-state index < -0.39 is 0 Å². The van der Waals surface area contributed by atoms with Crippen molar-refractivity contribution in [2.75, 3.05) is 18.9 Å². The number of amides is 2. The Morgan fingerprint density at radius 3 is 2.50 bits per heavy atom. The molecule has 5 heteroatoms. The highest BCUT2D eigenvalue weighted by Gasteiger charge is 2.41. The van der Waals surface area contributed by atoms with Crippen molar-refractivity contribution in [1.29, 1.82) is 0 Å². The minimum Gasteiger partial charge on any atom is -0.336 e. The summed E-state index contributed by atoms with van der Waals surface area (Å²) in [5, 5.41) is 2.94. The molecule has 1 aromatic rings. The summed E-state index contributed by atoms with van der Waals surface area (Å²) in [6.45, 7) is 2.15. The number of para-hydroxylation sites is 1. The Balaban J connectivity index is 1.56. The molecule has 3 N–H and O–H groups in total. The zero-order valence-electron chi connectivity index (χ0n) is 15.9. The molecule has 2 saturated carbocycles. The number of hydrogen-bond donors (Lipinski definition) is 2. The van der Waals surface area contributed by atoms with E-state index in [-0.39, 0.29) is 30.3 Å². The summed E-state index contributed by atoms with van der Waals surface area (Å²) in [5.74, 6) is 0.901. The molecule has 5 nitrogen and oxygen atoms in total. The molecule has 2 amide bonds. The molecule has 26 heavy (non-hydrogen) atoms. The number of nitrogens with two attached hydrogens (primary N) is 1. The van der Waals surface area contributed by atoms with Crippen LogP contribution in [0.2, 0.25) is 0 Å². The first kappa shape index (κ1) is 18.9. The molecule has 2 aliphatic rings. The van der Waals surface area contributed by atoms with E-state index >= 15 is 0 Å². The highest BCUT2D eigenvalue weighted by molar-refractivity contribution is 5.95. The topological polar surface area (TPSA) is 75.4 Å². The quantitative estimate of drug-likeness (QED) is 0.851. The van der Waals surface area contributed by atoms with E-state index in [1.54, 1.807) is 11.9 Å². The lowest BCUT2D eigenvalue weighted by Crippen LogP contribution is -2.49. The maximum atomic E-state index is 12.9. The fourth-order valence-corrected chi connectivity index (χ4v) is 4.74. The van der Waals surface area contributed by atoms with Crippen LogP contribution in [0.15, 0.2) is 24.3 Å². The van der Waals surface area contributed by atoms with Crippen LogP contribution in [0.4, 0.5) is 5.69 Å². The minimum absolute atomic E-state index is 0.0193. The van der Waals surface area contributed by atoms with Gasteiger partial charge in [-0.3, -0.25) is 9.59 Å². The van der Waals surface area contributed by atoms with E-state index in [9.17, 15) is 9.59 Å². The van der Waals surface area contributed by atoms with Gasteiger partial charge < -0.3 is 16.0 Å². The van der Waals surface area contributed by atoms with Crippen molar-refractivity contribution < 1.29 is 9.59 Å². The van der Waals surface area contributed by atoms with Crippen LogP contribution >= 0.6 is 0 Å². The zero-order valence-corrected chi connectivity index (χ0v) is 15.9. The van der Waals surface area contributed by atoms with Crippen LogP contribution in [0.5, 0.6) is 0 Å². The number of aryl methyl sites for hydroxylation is 1. The van der Waals surface area contributed by atoms with Gasteiger partial charge >= 0.3 is 0 Å². The van der Waals surface area contributed by atoms with Crippen LogP contribution in [0.3, 0.4) is 0 Å². The molecular formula is C21H31N3O2. The predicted octanol–water partition coefficient (Wildman–Crippen LogP) is 2.80. The monoisotopic (exact) mass is 357 g/mol. The smallest absolute Gasteiger partial charge is 0.243 e. The van der Waals surface area contributed by atoms with Crippen LogP contribution in [-0.2, 0) is 16.0 Å². The number of benzene rings is 1. The molecule has 3 rings (SSSR count). The zero-order chi connectivity index (χ0) is 18.7. The first-order valence-corrected chi connectivity index (χ1v) is 9.88. The molecule has 0 spiro atoms. The molecule has 2 atom stereocenters. The third-order valence-electron chi connectivity index (χ3n) is 6.19. The second-order valence-corrected chi connectivity index (χ2v) is 7.95. The normalized spacial score (nSPS) is 27.7. The Morgan fingerprint density at radius 2 is 1.85 bits per heavy atom. The van der Waals surface area contributed by atoms with Crippen LogP contribution in [0.1, 0.15) is 44.6 Å². The number of carbonyl (C=O) groups excluding carboxylic acids is 2. The average Bonchev–Trinajstić information content (AvgIpc) is 2.61. The maximum absolute atomic E-state index is 12.9. The lowest BCUT2D eigenvalue weighted by atomic mass is 9.65. The molecule has 2 fully saturated rings. The number of rotatable bonds is 5. The fraction of sp³-hybridized carbons (Fsp3) is 0.619. The van der Waals surface area contributed by atoms with Crippen LogP contribution in [0, 0.1) is 17.8 Å². The lowest BCUT2D eigenvalue weighted by Gasteiger charge is -2.44. The highest BCUT2D eigenvalue weighted by Crippen LogP contribution is 2.42. The number of nitrogens with zero attached hydrogens (tertiary/aromatic N) is 1. The number of anilines is 1. The molecule has 0 aromatic heterocycles. The second kappa shape index (κ2) is 8.21. The number of hydrogen-bond acceptors (Lipinski definition) is 3. The number of nitrogens with one attached hydrogen (secondary N) is 1. The van der Waals surface area contributed by atoms with E-state index in [4.69, 9.17) is 5.73 Å². The molecule has 0 heterocycles. The van der Waals surface area contributed by atoms with Crippen molar-refractivity contribution >= 4 is 17.5 Å². The molecule has 142 valence electrons. The Kier molecular flexibility index (Phi) is 5.97. The molecule has 2 bridgehead atoms. The summed E-state index contributed by atoms with van der Waals surface area (Å²) in [6.07, 6.45) is 6.12. The lowest BCUT2D eigenvalue weighted by molar-refractivity contribution is -0.139. The van der Waals surface area contributed by atoms with Crippen molar-refractivity contribution in [2.45, 2.75) is 51.5 Å². The van der Waals surface area contributed by atoms with E-state index in [1.807, 2.05) is 24.3 Å². The largest absolute Gasteiger partial charge is 0.336 e. The molecule has 0 radical (unpaired) electrons. The average molecular weight is 357 g/mol. The van der Waals surface area contributed by atoms with Gasteiger partial charge in [0.25, 0.3) is 0 Å². The third-order valence-corrected chi connectivity index (χ3v) is 6.19. The number of fused-ring (bicyclic) bond motifs is 2. The number of likely N-dealkylation sites (N-methyl/N-ethyl adjacent to an activating group) is 1. The summed E-state index contributed by atoms with van der Waals surface area (Å²) in [4.78, 5) is 26.8. The van der Waals surface area contributed by atoms with Gasteiger partial charge in [0.2, 0.25) is 11.8 Å². The summed E-state index contributed by atoms with van der Waals surface area (Å²) in [7, 11) is 1.73. The fourth-order valence-electron chi connectivity index (χ4n) is 4.74. The van der Waals surface area contributed by atoms with Crippen molar-refractivity contribution in [3.63, 3.8) is 0 Å². The van der Waals surface area contributed by atoms with E-state index in [0.29, 0.717) is 11.8 Å². The van der Waals surface area contributed by atoms with Gasteiger partial charge in [0.1, 0.15) is 0 Å².